The summed E-state index contributed by atoms with van der Waals surface area (Å²) < 4.78 is 44.8. The summed E-state index contributed by atoms with van der Waals surface area (Å²) in [5, 5.41) is 0. The number of rotatable bonds is 5. The van der Waals surface area contributed by atoms with Crippen molar-refractivity contribution < 1.29 is 22.6 Å². The van der Waals surface area contributed by atoms with Gasteiger partial charge in [-0.15, -0.1) is 0 Å². The van der Waals surface area contributed by atoms with E-state index in [0.29, 0.717) is 0 Å². The van der Waals surface area contributed by atoms with Crippen LogP contribution < -0.4 is 0 Å². The van der Waals surface area contributed by atoms with Crippen molar-refractivity contribution in [3.05, 3.63) is 0 Å². The van der Waals surface area contributed by atoms with E-state index in [9.17, 15) is 13.2 Å². The number of hydrogen-bond acceptors (Lipinski definition) is 2. The van der Waals surface area contributed by atoms with Crippen molar-refractivity contribution in [2.45, 2.75) is 32.7 Å². The lowest BCUT2D eigenvalue weighted by Crippen LogP contribution is -2.25. The van der Waals surface area contributed by atoms with Crippen molar-refractivity contribution in [3.63, 3.8) is 0 Å². The van der Waals surface area contributed by atoms with Gasteiger partial charge in [0, 0.05) is 13.2 Å². The summed E-state index contributed by atoms with van der Waals surface area (Å²) >= 11 is 0. The minimum atomic E-state index is -4.23. The molecule has 0 aromatic heterocycles. The largest absolute Gasteiger partial charge is 0.393 e. The summed E-state index contributed by atoms with van der Waals surface area (Å²) in [5.74, 6) is 0. The van der Waals surface area contributed by atoms with Crippen molar-refractivity contribution >= 4 is 0 Å². The van der Waals surface area contributed by atoms with Crippen LogP contribution in [0.3, 0.4) is 0 Å². The van der Waals surface area contributed by atoms with Gasteiger partial charge in [0.15, 0.2) is 6.29 Å². The molecule has 0 radical (unpaired) electrons. The minimum Gasteiger partial charge on any atom is -0.353 e. The molecular formula is C7H13F3O2. The van der Waals surface area contributed by atoms with Gasteiger partial charge in [-0.1, -0.05) is 0 Å². The lowest BCUT2D eigenvalue weighted by atomic mass is 10.4. The standard InChI is InChI=1S/C7H13F3O2/c1-3-11-6(12-4-2)5-7(8,9)10/h6H,3-5H2,1-2H3. The molecule has 0 aromatic rings. The molecule has 0 saturated heterocycles. The topological polar surface area (TPSA) is 18.5 Å². The Morgan fingerprint density at radius 1 is 1.08 bits per heavy atom. The van der Waals surface area contributed by atoms with Crippen molar-refractivity contribution in [1.82, 2.24) is 0 Å². The normalized spacial score (nSPS) is 12.5. The van der Waals surface area contributed by atoms with Crippen LogP contribution in [-0.2, 0) is 9.47 Å². The summed E-state index contributed by atoms with van der Waals surface area (Å²) in [7, 11) is 0. The predicted molar refractivity (Wildman–Crippen MR) is 37.7 cm³/mol. The van der Waals surface area contributed by atoms with E-state index in [1.807, 2.05) is 0 Å². The first kappa shape index (κ1) is 11.7. The Morgan fingerprint density at radius 3 is 1.75 bits per heavy atom. The number of halogens is 3. The third-order valence-corrected chi connectivity index (χ3v) is 1.10. The second-order valence-electron chi connectivity index (χ2n) is 2.16. The lowest BCUT2D eigenvalue weighted by Gasteiger charge is -2.17. The van der Waals surface area contributed by atoms with Crippen LogP contribution in [0.1, 0.15) is 20.3 Å². The maximum Gasteiger partial charge on any atom is 0.393 e. The molecule has 0 fully saturated rings. The van der Waals surface area contributed by atoms with Crippen molar-refractivity contribution in [1.29, 1.82) is 0 Å². The van der Waals surface area contributed by atoms with Gasteiger partial charge in [0.25, 0.3) is 0 Å². The first-order chi connectivity index (χ1) is 5.49. The minimum absolute atomic E-state index is 0.223. The molecule has 0 aliphatic carbocycles. The van der Waals surface area contributed by atoms with Gasteiger partial charge in [0.2, 0.25) is 0 Å². The zero-order valence-electron chi connectivity index (χ0n) is 7.15. The molecule has 0 N–H and O–H groups in total. The number of alkyl halides is 3. The maximum absolute atomic E-state index is 11.8. The third-order valence-electron chi connectivity index (χ3n) is 1.10. The molecule has 0 bridgehead atoms. The molecule has 0 heterocycles. The van der Waals surface area contributed by atoms with Crippen molar-refractivity contribution in [3.8, 4) is 0 Å². The Balaban J connectivity index is 3.77. The van der Waals surface area contributed by atoms with E-state index in [1.54, 1.807) is 13.8 Å². The molecule has 0 spiro atoms. The molecule has 0 aromatic carbocycles. The van der Waals surface area contributed by atoms with Crippen LogP contribution in [0, 0.1) is 0 Å². The summed E-state index contributed by atoms with van der Waals surface area (Å²) in [6.45, 7) is 3.70. The van der Waals surface area contributed by atoms with Gasteiger partial charge in [-0.2, -0.15) is 13.2 Å². The van der Waals surface area contributed by atoms with E-state index in [1.165, 1.54) is 0 Å². The van der Waals surface area contributed by atoms with Gasteiger partial charge in [-0.05, 0) is 13.8 Å². The van der Waals surface area contributed by atoms with E-state index >= 15 is 0 Å². The maximum atomic E-state index is 11.8. The van der Waals surface area contributed by atoms with Crippen LogP contribution in [0.2, 0.25) is 0 Å². The SMILES string of the molecule is CCOC(CC(F)(F)F)OCC. The lowest BCUT2D eigenvalue weighted by molar-refractivity contribution is -0.218. The van der Waals surface area contributed by atoms with E-state index in [0.717, 1.165) is 0 Å². The van der Waals surface area contributed by atoms with Crippen LogP contribution in [0.5, 0.6) is 0 Å². The molecule has 0 rings (SSSR count). The first-order valence-corrected chi connectivity index (χ1v) is 3.79. The van der Waals surface area contributed by atoms with Crippen LogP contribution >= 0.6 is 0 Å². The predicted octanol–water partition coefficient (Wildman–Crippen LogP) is 2.34. The highest BCUT2D eigenvalue weighted by atomic mass is 19.4. The highest BCUT2D eigenvalue weighted by Crippen LogP contribution is 2.23. The Hall–Kier alpha value is -0.290. The van der Waals surface area contributed by atoms with E-state index in [2.05, 4.69) is 0 Å². The highest BCUT2D eigenvalue weighted by Gasteiger charge is 2.32. The van der Waals surface area contributed by atoms with E-state index in [-0.39, 0.29) is 13.2 Å². The smallest absolute Gasteiger partial charge is 0.353 e. The average molecular weight is 186 g/mol. The van der Waals surface area contributed by atoms with Crippen LogP contribution in [0.4, 0.5) is 13.2 Å². The molecule has 0 amide bonds. The summed E-state index contributed by atoms with van der Waals surface area (Å²) in [4.78, 5) is 0. The highest BCUT2D eigenvalue weighted by molar-refractivity contribution is 4.54. The van der Waals surface area contributed by atoms with Crippen LogP contribution in [0.15, 0.2) is 0 Å². The Labute approximate surface area is 69.7 Å². The van der Waals surface area contributed by atoms with Gasteiger partial charge < -0.3 is 9.47 Å². The molecule has 0 unspecified atom stereocenters. The van der Waals surface area contributed by atoms with Crippen molar-refractivity contribution in [2.24, 2.45) is 0 Å². The Morgan fingerprint density at radius 2 is 1.50 bits per heavy atom. The van der Waals surface area contributed by atoms with Gasteiger partial charge in [-0.25, -0.2) is 0 Å². The molecule has 12 heavy (non-hydrogen) atoms. The van der Waals surface area contributed by atoms with Gasteiger partial charge in [-0.3, -0.25) is 0 Å². The van der Waals surface area contributed by atoms with Crippen molar-refractivity contribution in [2.75, 3.05) is 13.2 Å². The van der Waals surface area contributed by atoms with Crippen LogP contribution in [0.25, 0.3) is 0 Å². The Kier molecular flexibility index (Phi) is 5.24. The van der Waals surface area contributed by atoms with E-state index < -0.39 is 18.9 Å². The zero-order chi connectivity index (χ0) is 9.61. The Bertz CT molecular complexity index is 108. The second kappa shape index (κ2) is 5.37. The summed E-state index contributed by atoms with van der Waals surface area (Å²) in [6.07, 6.45) is -6.43. The fraction of sp³-hybridized carbons (Fsp3) is 1.00. The monoisotopic (exact) mass is 186 g/mol. The quantitative estimate of drug-likeness (QED) is 0.613. The summed E-state index contributed by atoms with van der Waals surface area (Å²) in [5.41, 5.74) is 0. The molecule has 0 atom stereocenters. The molecule has 0 saturated carbocycles. The average Bonchev–Trinajstić information content (AvgIpc) is 1.84. The summed E-state index contributed by atoms with van der Waals surface area (Å²) in [6, 6.07) is 0. The molecule has 5 heteroatoms. The molecule has 0 aliphatic heterocycles. The van der Waals surface area contributed by atoms with Crippen LogP contribution in [-0.4, -0.2) is 25.7 Å². The van der Waals surface area contributed by atoms with E-state index in [4.69, 9.17) is 9.47 Å². The second-order valence-corrected chi connectivity index (χ2v) is 2.16. The fourth-order valence-electron chi connectivity index (χ4n) is 0.727. The zero-order valence-corrected chi connectivity index (χ0v) is 7.15. The molecule has 74 valence electrons. The van der Waals surface area contributed by atoms with Gasteiger partial charge in [0.05, 0.1) is 6.42 Å². The number of hydrogen-bond donors (Lipinski definition) is 0. The first-order valence-electron chi connectivity index (χ1n) is 3.79. The molecule has 2 nitrogen and oxygen atoms in total. The number of ether oxygens (including phenoxy) is 2. The van der Waals surface area contributed by atoms with Gasteiger partial charge >= 0.3 is 6.18 Å². The molecule has 0 aliphatic rings. The fourth-order valence-corrected chi connectivity index (χ4v) is 0.727. The third kappa shape index (κ3) is 6.42. The molecular weight excluding hydrogens is 173 g/mol. The van der Waals surface area contributed by atoms with Gasteiger partial charge in [0.1, 0.15) is 0 Å².